The van der Waals surface area contributed by atoms with Gasteiger partial charge in [0.05, 0.1) is 17.6 Å². The fraction of sp³-hybridized carbons (Fsp3) is 0.286. The number of carboxylic acid groups (broad SMARTS) is 1. The highest BCUT2D eigenvalue weighted by Gasteiger charge is 2.20. The van der Waals surface area contributed by atoms with Gasteiger partial charge in [0.15, 0.2) is 0 Å². The maximum Gasteiger partial charge on any atom is 0.339 e. The highest BCUT2D eigenvalue weighted by Crippen LogP contribution is 2.25. The van der Waals surface area contributed by atoms with Gasteiger partial charge in [0.2, 0.25) is 0 Å². The topological polar surface area (TPSA) is 55.1 Å². The van der Waals surface area contributed by atoms with Crippen molar-refractivity contribution in [2.75, 3.05) is 0 Å². The van der Waals surface area contributed by atoms with Crippen molar-refractivity contribution in [2.24, 2.45) is 0 Å². The molecule has 2 rings (SSSR count). The molecule has 1 aromatic carbocycles. The molecule has 1 heterocycles. The summed E-state index contributed by atoms with van der Waals surface area (Å²) in [5, 5.41) is 14.0. The van der Waals surface area contributed by atoms with Crippen LogP contribution in [0.1, 0.15) is 41.4 Å². The van der Waals surface area contributed by atoms with Crippen molar-refractivity contribution in [2.45, 2.75) is 26.7 Å². The van der Waals surface area contributed by atoms with E-state index in [2.05, 4.69) is 5.10 Å². The molecule has 0 unspecified atom stereocenters. The van der Waals surface area contributed by atoms with Gasteiger partial charge in [-0.3, -0.25) is 0 Å². The number of aromatic nitrogens is 2. The first kappa shape index (κ1) is 13.6. The molecule has 0 aliphatic heterocycles. The fourth-order valence-corrected chi connectivity index (χ4v) is 2.17. The fourth-order valence-electron chi connectivity index (χ4n) is 2.00. The SMILES string of the molecule is Cc1ccc(-n2ncc(C(=O)O)c2C(C)C)cc1Cl. The Morgan fingerprint density at radius 1 is 1.42 bits per heavy atom. The number of hydrogen-bond acceptors (Lipinski definition) is 2. The van der Waals surface area contributed by atoms with Crippen LogP contribution < -0.4 is 0 Å². The maximum absolute atomic E-state index is 11.2. The molecule has 5 heteroatoms. The van der Waals surface area contributed by atoms with Gasteiger partial charge >= 0.3 is 5.97 Å². The number of carbonyl (C=O) groups is 1. The van der Waals surface area contributed by atoms with E-state index in [9.17, 15) is 9.90 Å². The van der Waals surface area contributed by atoms with E-state index >= 15 is 0 Å². The van der Waals surface area contributed by atoms with Crippen LogP contribution in [0.15, 0.2) is 24.4 Å². The lowest BCUT2D eigenvalue weighted by molar-refractivity contribution is 0.0695. The molecule has 0 aliphatic carbocycles. The van der Waals surface area contributed by atoms with Gasteiger partial charge in [-0.2, -0.15) is 5.10 Å². The lowest BCUT2D eigenvalue weighted by Gasteiger charge is -2.12. The third-order valence-corrected chi connectivity index (χ3v) is 3.39. The number of hydrogen-bond donors (Lipinski definition) is 1. The van der Waals surface area contributed by atoms with E-state index in [0.29, 0.717) is 10.7 Å². The van der Waals surface area contributed by atoms with Crippen LogP contribution in [0.4, 0.5) is 0 Å². The van der Waals surface area contributed by atoms with Gasteiger partial charge in [-0.1, -0.05) is 31.5 Å². The van der Waals surface area contributed by atoms with Crippen molar-refractivity contribution < 1.29 is 9.90 Å². The second kappa shape index (κ2) is 5.05. The lowest BCUT2D eigenvalue weighted by atomic mass is 10.1. The van der Waals surface area contributed by atoms with Crippen molar-refractivity contribution >= 4 is 17.6 Å². The van der Waals surface area contributed by atoms with Crippen molar-refractivity contribution in [3.8, 4) is 5.69 Å². The van der Waals surface area contributed by atoms with Gasteiger partial charge in [0, 0.05) is 5.02 Å². The molecule has 4 nitrogen and oxygen atoms in total. The highest BCUT2D eigenvalue weighted by molar-refractivity contribution is 6.31. The number of benzene rings is 1. The van der Waals surface area contributed by atoms with Gasteiger partial charge < -0.3 is 5.11 Å². The first-order chi connectivity index (χ1) is 8.91. The van der Waals surface area contributed by atoms with Crippen LogP contribution in [0.25, 0.3) is 5.69 Å². The van der Waals surface area contributed by atoms with Gasteiger partial charge in [-0.15, -0.1) is 0 Å². The smallest absolute Gasteiger partial charge is 0.339 e. The summed E-state index contributed by atoms with van der Waals surface area (Å²) in [6, 6.07) is 5.57. The van der Waals surface area contributed by atoms with Crippen LogP contribution in [0.3, 0.4) is 0 Å². The molecule has 19 heavy (non-hydrogen) atoms. The summed E-state index contributed by atoms with van der Waals surface area (Å²) >= 11 is 6.11. The number of aryl methyl sites for hydroxylation is 1. The van der Waals surface area contributed by atoms with Gasteiger partial charge in [-0.25, -0.2) is 9.48 Å². The molecule has 0 saturated heterocycles. The standard InChI is InChI=1S/C14H15ClN2O2/c1-8(2)13-11(14(18)19)7-16-17(13)10-5-4-9(3)12(15)6-10/h4-8H,1-3H3,(H,18,19). The van der Waals surface area contributed by atoms with E-state index in [4.69, 9.17) is 11.6 Å². The Morgan fingerprint density at radius 3 is 2.63 bits per heavy atom. The number of carboxylic acids is 1. The van der Waals surface area contributed by atoms with Gasteiger partial charge in [0.25, 0.3) is 0 Å². The molecule has 0 atom stereocenters. The first-order valence-corrected chi connectivity index (χ1v) is 6.37. The Bertz CT molecular complexity index is 632. The number of aromatic carboxylic acids is 1. The minimum atomic E-state index is -0.965. The molecule has 100 valence electrons. The molecule has 0 fully saturated rings. The molecule has 0 saturated carbocycles. The summed E-state index contributed by atoms with van der Waals surface area (Å²) in [5.41, 5.74) is 2.65. The minimum absolute atomic E-state index is 0.0497. The predicted molar refractivity (Wildman–Crippen MR) is 74.4 cm³/mol. The molecule has 0 radical (unpaired) electrons. The van der Waals surface area contributed by atoms with Crippen molar-refractivity contribution in [1.29, 1.82) is 0 Å². The molecule has 2 aromatic rings. The first-order valence-electron chi connectivity index (χ1n) is 5.99. The lowest BCUT2D eigenvalue weighted by Crippen LogP contribution is -2.08. The summed E-state index contributed by atoms with van der Waals surface area (Å²) in [7, 11) is 0. The Hall–Kier alpha value is -1.81. The quantitative estimate of drug-likeness (QED) is 0.932. The monoisotopic (exact) mass is 278 g/mol. The number of halogens is 1. The molecule has 0 bridgehead atoms. The summed E-state index contributed by atoms with van der Waals surface area (Å²) in [5.74, 6) is -0.915. The van der Waals surface area contributed by atoms with Crippen LogP contribution in [-0.2, 0) is 0 Å². The van der Waals surface area contributed by atoms with E-state index in [1.54, 1.807) is 10.7 Å². The van der Waals surface area contributed by atoms with Crippen LogP contribution in [0.5, 0.6) is 0 Å². The molecular formula is C14H15ClN2O2. The average molecular weight is 279 g/mol. The molecule has 0 spiro atoms. The van der Waals surface area contributed by atoms with E-state index in [1.165, 1.54) is 6.20 Å². The Balaban J connectivity index is 2.62. The van der Waals surface area contributed by atoms with Gasteiger partial charge in [0.1, 0.15) is 5.56 Å². The molecule has 0 amide bonds. The van der Waals surface area contributed by atoms with Crippen LogP contribution >= 0.6 is 11.6 Å². The van der Waals surface area contributed by atoms with E-state index < -0.39 is 5.97 Å². The summed E-state index contributed by atoms with van der Waals surface area (Å²) in [4.78, 5) is 11.2. The van der Waals surface area contributed by atoms with E-state index in [1.807, 2.05) is 32.9 Å². The molecule has 0 aliphatic rings. The van der Waals surface area contributed by atoms with E-state index in [0.717, 1.165) is 11.3 Å². The van der Waals surface area contributed by atoms with Gasteiger partial charge in [-0.05, 0) is 30.5 Å². The molecular weight excluding hydrogens is 264 g/mol. The Kier molecular flexibility index (Phi) is 3.62. The zero-order valence-electron chi connectivity index (χ0n) is 11.0. The van der Waals surface area contributed by atoms with Crippen molar-refractivity contribution in [1.82, 2.24) is 9.78 Å². The Labute approximate surface area is 116 Å². The van der Waals surface area contributed by atoms with Crippen molar-refractivity contribution in [3.63, 3.8) is 0 Å². The average Bonchev–Trinajstić information content (AvgIpc) is 2.77. The van der Waals surface area contributed by atoms with Crippen molar-refractivity contribution in [3.05, 3.63) is 46.2 Å². The third-order valence-electron chi connectivity index (χ3n) is 2.98. The zero-order valence-corrected chi connectivity index (χ0v) is 11.8. The second-order valence-electron chi connectivity index (χ2n) is 4.75. The maximum atomic E-state index is 11.2. The minimum Gasteiger partial charge on any atom is -0.478 e. The van der Waals surface area contributed by atoms with Crippen LogP contribution in [-0.4, -0.2) is 20.9 Å². The second-order valence-corrected chi connectivity index (χ2v) is 5.16. The van der Waals surface area contributed by atoms with E-state index in [-0.39, 0.29) is 11.5 Å². The number of rotatable bonds is 3. The summed E-state index contributed by atoms with van der Waals surface area (Å²) < 4.78 is 1.64. The largest absolute Gasteiger partial charge is 0.478 e. The molecule has 1 N–H and O–H groups in total. The third kappa shape index (κ3) is 2.49. The zero-order chi connectivity index (χ0) is 14.2. The predicted octanol–water partition coefficient (Wildman–Crippen LogP) is 3.66. The van der Waals surface area contributed by atoms with Crippen LogP contribution in [0.2, 0.25) is 5.02 Å². The normalized spacial score (nSPS) is 11.0. The highest BCUT2D eigenvalue weighted by atomic mass is 35.5. The molecule has 1 aromatic heterocycles. The summed E-state index contributed by atoms with van der Waals surface area (Å²) in [6.07, 6.45) is 1.38. The van der Waals surface area contributed by atoms with Crippen LogP contribution in [0, 0.1) is 6.92 Å². The number of nitrogens with zero attached hydrogens (tertiary/aromatic N) is 2. The Morgan fingerprint density at radius 2 is 2.11 bits per heavy atom. The summed E-state index contributed by atoms with van der Waals surface area (Å²) in [6.45, 7) is 5.80.